The Labute approximate surface area is 175 Å². The van der Waals surface area contributed by atoms with E-state index >= 15 is 0 Å². The predicted octanol–water partition coefficient (Wildman–Crippen LogP) is 3.06. The highest BCUT2D eigenvalue weighted by molar-refractivity contribution is 7.17. The molecule has 0 bridgehead atoms. The van der Waals surface area contributed by atoms with E-state index in [4.69, 9.17) is 21.1 Å². The lowest BCUT2D eigenvalue weighted by molar-refractivity contribution is -0.138. The highest BCUT2D eigenvalue weighted by Gasteiger charge is 2.25. The van der Waals surface area contributed by atoms with Gasteiger partial charge in [-0.25, -0.2) is 19.4 Å². The normalized spacial score (nSPS) is 13.6. The predicted molar refractivity (Wildman–Crippen MR) is 108 cm³/mol. The van der Waals surface area contributed by atoms with Gasteiger partial charge in [0.1, 0.15) is 16.5 Å². The van der Waals surface area contributed by atoms with Crippen LogP contribution in [0.25, 0.3) is 10.6 Å². The average molecular weight is 436 g/mol. The third kappa shape index (κ3) is 4.93. The number of rotatable bonds is 6. The number of hydrogen-bond donors (Lipinski definition) is 2. The molecular formula is C19H18ClN3O5S. The van der Waals surface area contributed by atoms with Gasteiger partial charge in [-0.3, -0.25) is 0 Å². The highest BCUT2D eigenvalue weighted by atomic mass is 35.5. The summed E-state index contributed by atoms with van der Waals surface area (Å²) < 4.78 is 10.3. The Kier molecular flexibility index (Phi) is 6.50. The van der Waals surface area contributed by atoms with Crippen LogP contribution in [0.1, 0.15) is 22.3 Å². The van der Waals surface area contributed by atoms with Crippen molar-refractivity contribution in [2.45, 2.75) is 13.8 Å². The molecule has 0 atom stereocenters. The number of halogens is 1. The minimum Gasteiger partial charge on any atom is -0.463 e. The number of thiazole rings is 1. The van der Waals surface area contributed by atoms with E-state index in [0.717, 1.165) is 5.56 Å². The van der Waals surface area contributed by atoms with Gasteiger partial charge in [0.2, 0.25) is 0 Å². The molecule has 1 aliphatic heterocycles. The standard InChI is InChI=1S/C19H18ClN3O5S/c1-3-27-17(24)13-8-21-19(26)23-14(13)9-28-18(25)15-10(2)22-16(29-15)11-4-6-12(20)7-5-11/h4-7H,3,8-9H2,1-2H3,(H2,21,23,26). The second-order valence-electron chi connectivity index (χ2n) is 6.00. The van der Waals surface area contributed by atoms with Crippen molar-refractivity contribution in [3.63, 3.8) is 0 Å². The minimum absolute atomic E-state index is 0.00213. The van der Waals surface area contributed by atoms with E-state index in [0.29, 0.717) is 20.6 Å². The molecule has 1 aliphatic rings. The van der Waals surface area contributed by atoms with E-state index in [2.05, 4.69) is 15.6 Å². The summed E-state index contributed by atoms with van der Waals surface area (Å²) in [7, 11) is 0. The van der Waals surface area contributed by atoms with Gasteiger partial charge in [-0.2, -0.15) is 0 Å². The lowest BCUT2D eigenvalue weighted by atomic mass is 10.2. The summed E-state index contributed by atoms with van der Waals surface area (Å²) >= 11 is 7.10. The van der Waals surface area contributed by atoms with Gasteiger partial charge in [-0.1, -0.05) is 23.7 Å². The molecule has 152 valence electrons. The first-order valence-electron chi connectivity index (χ1n) is 8.73. The lowest BCUT2D eigenvalue weighted by Gasteiger charge is -2.21. The summed E-state index contributed by atoms with van der Waals surface area (Å²) in [6, 6.07) is 6.64. The Morgan fingerprint density at radius 1 is 1.21 bits per heavy atom. The molecule has 29 heavy (non-hydrogen) atoms. The van der Waals surface area contributed by atoms with Crippen molar-refractivity contribution < 1.29 is 23.9 Å². The number of esters is 2. The number of nitrogens with zero attached hydrogens (tertiary/aromatic N) is 1. The van der Waals surface area contributed by atoms with Gasteiger partial charge in [0.05, 0.1) is 30.1 Å². The molecule has 1 aromatic heterocycles. The third-order valence-corrected chi connectivity index (χ3v) is 5.44. The topological polar surface area (TPSA) is 107 Å². The quantitative estimate of drug-likeness (QED) is 0.675. The van der Waals surface area contributed by atoms with Crippen molar-refractivity contribution in [2.75, 3.05) is 19.8 Å². The molecule has 0 spiro atoms. The smallest absolute Gasteiger partial charge is 0.350 e. The molecule has 0 aliphatic carbocycles. The first-order valence-corrected chi connectivity index (χ1v) is 9.93. The minimum atomic E-state index is -0.594. The van der Waals surface area contributed by atoms with E-state index in [1.54, 1.807) is 26.0 Å². The van der Waals surface area contributed by atoms with E-state index in [1.165, 1.54) is 11.3 Å². The number of urea groups is 1. The molecule has 0 fully saturated rings. The van der Waals surface area contributed by atoms with Crippen molar-refractivity contribution in [3.8, 4) is 10.6 Å². The maximum atomic E-state index is 12.6. The molecule has 2 heterocycles. The van der Waals surface area contributed by atoms with Gasteiger partial charge in [-0.05, 0) is 26.0 Å². The number of hydrogen-bond acceptors (Lipinski definition) is 7. The number of carbonyl (C=O) groups is 3. The van der Waals surface area contributed by atoms with E-state index in [1.807, 2.05) is 12.1 Å². The van der Waals surface area contributed by atoms with Gasteiger partial charge in [0, 0.05) is 10.6 Å². The van der Waals surface area contributed by atoms with Crippen molar-refractivity contribution in [1.82, 2.24) is 15.6 Å². The lowest BCUT2D eigenvalue weighted by Crippen LogP contribution is -2.45. The Morgan fingerprint density at radius 2 is 1.93 bits per heavy atom. The zero-order valence-corrected chi connectivity index (χ0v) is 17.3. The second kappa shape index (κ2) is 9.06. The fourth-order valence-electron chi connectivity index (χ4n) is 2.57. The molecule has 8 nitrogen and oxygen atoms in total. The van der Waals surface area contributed by atoms with Crippen LogP contribution in [0.5, 0.6) is 0 Å². The fraction of sp³-hybridized carbons (Fsp3) is 0.263. The molecule has 2 aromatic rings. The summed E-state index contributed by atoms with van der Waals surface area (Å²) in [6.07, 6.45) is 0. The first-order chi connectivity index (χ1) is 13.9. The number of ether oxygens (including phenoxy) is 2. The monoisotopic (exact) mass is 435 g/mol. The molecule has 0 radical (unpaired) electrons. The summed E-state index contributed by atoms with van der Waals surface area (Å²) in [6.45, 7) is 3.31. The fourth-order valence-corrected chi connectivity index (χ4v) is 3.67. The molecule has 2 amide bonds. The van der Waals surface area contributed by atoms with Crippen LogP contribution >= 0.6 is 22.9 Å². The zero-order chi connectivity index (χ0) is 21.0. The van der Waals surface area contributed by atoms with Gasteiger partial charge >= 0.3 is 18.0 Å². The number of nitrogens with one attached hydrogen (secondary N) is 2. The van der Waals surface area contributed by atoms with Gasteiger partial charge in [0.15, 0.2) is 0 Å². The third-order valence-electron chi connectivity index (χ3n) is 4.00. The molecule has 3 rings (SSSR count). The Hall–Kier alpha value is -2.91. The number of aryl methyl sites for hydroxylation is 1. The maximum absolute atomic E-state index is 12.6. The molecule has 2 N–H and O–H groups in total. The van der Waals surface area contributed by atoms with Gasteiger partial charge < -0.3 is 20.1 Å². The van der Waals surface area contributed by atoms with E-state index < -0.39 is 18.0 Å². The van der Waals surface area contributed by atoms with Crippen LogP contribution in [0.2, 0.25) is 5.02 Å². The Balaban J connectivity index is 1.75. The molecular weight excluding hydrogens is 418 g/mol. The van der Waals surface area contributed by atoms with Gasteiger partial charge in [0.25, 0.3) is 0 Å². The largest absolute Gasteiger partial charge is 0.463 e. The number of carbonyl (C=O) groups excluding carboxylic acids is 3. The Morgan fingerprint density at radius 3 is 2.62 bits per heavy atom. The number of amides is 2. The molecule has 0 unspecified atom stereocenters. The maximum Gasteiger partial charge on any atom is 0.350 e. The average Bonchev–Trinajstić information content (AvgIpc) is 3.08. The van der Waals surface area contributed by atoms with Crippen LogP contribution in [-0.2, 0) is 14.3 Å². The van der Waals surface area contributed by atoms with Crippen LogP contribution in [-0.4, -0.2) is 42.7 Å². The second-order valence-corrected chi connectivity index (χ2v) is 7.44. The van der Waals surface area contributed by atoms with E-state index in [9.17, 15) is 14.4 Å². The number of benzene rings is 1. The molecule has 1 aromatic carbocycles. The summed E-state index contributed by atoms with van der Waals surface area (Å²) in [4.78, 5) is 40.9. The molecule has 10 heteroatoms. The van der Waals surface area contributed by atoms with Crippen molar-refractivity contribution in [3.05, 3.63) is 51.1 Å². The van der Waals surface area contributed by atoms with Crippen LogP contribution in [0.15, 0.2) is 35.5 Å². The van der Waals surface area contributed by atoms with Gasteiger partial charge in [-0.15, -0.1) is 11.3 Å². The van der Waals surface area contributed by atoms with Crippen LogP contribution in [0, 0.1) is 6.92 Å². The SMILES string of the molecule is CCOC(=O)C1=C(COC(=O)c2sc(-c3ccc(Cl)cc3)nc2C)NC(=O)NC1. The van der Waals surface area contributed by atoms with E-state index in [-0.39, 0.29) is 31.0 Å². The molecule has 0 saturated carbocycles. The van der Waals surface area contributed by atoms with Crippen molar-refractivity contribution in [1.29, 1.82) is 0 Å². The number of aromatic nitrogens is 1. The van der Waals surface area contributed by atoms with Crippen molar-refractivity contribution in [2.24, 2.45) is 0 Å². The first kappa shape index (κ1) is 20.8. The van der Waals surface area contributed by atoms with Crippen LogP contribution in [0.3, 0.4) is 0 Å². The van der Waals surface area contributed by atoms with Crippen LogP contribution < -0.4 is 10.6 Å². The summed E-state index contributed by atoms with van der Waals surface area (Å²) in [5.74, 6) is -1.17. The zero-order valence-electron chi connectivity index (χ0n) is 15.7. The summed E-state index contributed by atoms with van der Waals surface area (Å²) in [5.41, 5.74) is 1.76. The summed E-state index contributed by atoms with van der Waals surface area (Å²) in [5, 5.41) is 6.25. The van der Waals surface area contributed by atoms with Crippen molar-refractivity contribution >= 4 is 40.9 Å². The Bertz CT molecular complexity index is 984. The van der Waals surface area contributed by atoms with Crippen LogP contribution in [0.4, 0.5) is 4.79 Å². The highest BCUT2D eigenvalue weighted by Crippen LogP contribution is 2.29. The molecule has 0 saturated heterocycles.